The summed E-state index contributed by atoms with van der Waals surface area (Å²) in [5.74, 6) is -0.862. The van der Waals surface area contributed by atoms with E-state index in [0.29, 0.717) is 5.56 Å². The van der Waals surface area contributed by atoms with Crippen molar-refractivity contribution < 1.29 is 9.90 Å². The lowest BCUT2D eigenvalue weighted by molar-refractivity contribution is 0.0697. The second-order valence-corrected chi connectivity index (χ2v) is 5.13. The third-order valence-corrected chi connectivity index (χ3v) is 3.60. The van der Waals surface area contributed by atoms with Crippen LogP contribution in [0.3, 0.4) is 0 Å². The molecule has 2 N–H and O–H groups in total. The average Bonchev–Trinajstić information content (AvgIpc) is 2.75. The van der Waals surface area contributed by atoms with Gasteiger partial charge < -0.3 is 10.4 Å². The number of hydrogen-bond acceptors (Lipinski definition) is 2. The molecule has 3 nitrogen and oxygen atoms in total. The Morgan fingerprint density at radius 2 is 2.12 bits per heavy atom. The molecule has 1 aromatic rings. The molecule has 1 fully saturated rings. The van der Waals surface area contributed by atoms with Crippen LogP contribution < -0.4 is 5.32 Å². The van der Waals surface area contributed by atoms with E-state index in [4.69, 9.17) is 5.11 Å². The molecule has 92 valence electrons. The zero-order chi connectivity index (χ0) is 12.3. The third kappa shape index (κ3) is 3.07. The molecular formula is C14H19NO2. The van der Waals surface area contributed by atoms with Crippen LogP contribution in [0.1, 0.15) is 48.5 Å². The van der Waals surface area contributed by atoms with Crippen molar-refractivity contribution in [1.82, 2.24) is 5.32 Å². The van der Waals surface area contributed by atoms with E-state index >= 15 is 0 Å². The molecule has 0 bridgehead atoms. The molecule has 1 aromatic carbocycles. The molecule has 1 aliphatic carbocycles. The van der Waals surface area contributed by atoms with Gasteiger partial charge in [0.05, 0.1) is 5.56 Å². The maximum atomic E-state index is 10.9. The minimum absolute atomic E-state index is 0.235. The van der Waals surface area contributed by atoms with E-state index in [9.17, 15) is 4.79 Å². The quantitative estimate of drug-likeness (QED) is 0.840. The van der Waals surface area contributed by atoms with E-state index in [-0.39, 0.29) is 5.54 Å². The van der Waals surface area contributed by atoms with Gasteiger partial charge in [-0.25, -0.2) is 4.79 Å². The summed E-state index contributed by atoms with van der Waals surface area (Å²) in [7, 11) is 0. The van der Waals surface area contributed by atoms with E-state index in [0.717, 1.165) is 12.1 Å². The largest absolute Gasteiger partial charge is 0.478 e. The fourth-order valence-corrected chi connectivity index (χ4v) is 2.46. The van der Waals surface area contributed by atoms with Gasteiger partial charge in [-0.1, -0.05) is 25.0 Å². The van der Waals surface area contributed by atoms with Gasteiger partial charge >= 0.3 is 5.97 Å². The highest BCUT2D eigenvalue weighted by atomic mass is 16.4. The number of carboxylic acid groups (broad SMARTS) is 1. The second kappa shape index (κ2) is 4.88. The number of aromatic carboxylic acids is 1. The van der Waals surface area contributed by atoms with Gasteiger partial charge in [0, 0.05) is 12.1 Å². The molecule has 0 atom stereocenters. The number of benzene rings is 1. The number of nitrogens with one attached hydrogen (secondary N) is 1. The topological polar surface area (TPSA) is 49.3 Å². The summed E-state index contributed by atoms with van der Waals surface area (Å²) in [5.41, 5.74) is 1.64. The van der Waals surface area contributed by atoms with E-state index in [1.807, 2.05) is 6.07 Å². The summed E-state index contributed by atoms with van der Waals surface area (Å²) >= 11 is 0. The van der Waals surface area contributed by atoms with Gasteiger partial charge in [-0.2, -0.15) is 0 Å². The van der Waals surface area contributed by atoms with Crippen LogP contribution in [0.2, 0.25) is 0 Å². The highest BCUT2D eigenvalue weighted by Crippen LogP contribution is 2.29. The highest BCUT2D eigenvalue weighted by Gasteiger charge is 2.27. The third-order valence-electron chi connectivity index (χ3n) is 3.60. The maximum absolute atomic E-state index is 10.9. The SMILES string of the molecule is CC1(NCc2cccc(C(=O)O)c2)CCCC1. The minimum atomic E-state index is -0.862. The molecule has 0 unspecified atom stereocenters. The van der Waals surface area contributed by atoms with Gasteiger partial charge in [-0.05, 0) is 37.5 Å². The monoisotopic (exact) mass is 233 g/mol. The summed E-state index contributed by atoms with van der Waals surface area (Å²) in [6, 6.07) is 7.14. The summed E-state index contributed by atoms with van der Waals surface area (Å²) in [6.07, 6.45) is 5.01. The molecule has 0 heterocycles. The van der Waals surface area contributed by atoms with Crippen molar-refractivity contribution >= 4 is 5.97 Å². The molecule has 0 aromatic heterocycles. The molecule has 17 heavy (non-hydrogen) atoms. The van der Waals surface area contributed by atoms with Crippen LogP contribution >= 0.6 is 0 Å². The molecule has 0 aliphatic heterocycles. The number of rotatable bonds is 4. The maximum Gasteiger partial charge on any atom is 0.335 e. The van der Waals surface area contributed by atoms with Gasteiger partial charge in [0.2, 0.25) is 0 Å². The fraction of sp³-hybridized carbons (Fsp3) is 0.500. The molecule has 1 saturated carbocycles. The lowest BCUT2D eigenvalue weighted by atomic mass is 10.00. The van der Waals surface area contributed by atoms with Gasteiger partial charge in [0.1, 0.15) is 0 Å². The Morgan fingerprint density at radius 3 is 2.76 bits per heavy atom. The van der Waals surface area contributed by atoms with E-state index < -0.39 is 5.97 Å². The van der Waals surface area contributed by atoms with Crippen molar-refractivity contribution in [1.29, 1.82) is 0 Å². The van der Waals surface area contributed by atoms with Crippen molar-refractivity contribution in [2.75, 3.05) is 0 Å². The predicted molar refractivity (Wildman–Crippen MR) is 67.1 cm³/mol. The number of hydrogen-bond donors (Lipinski definition) is 2. The van der Waals surface area contributed by atoms with E-state index in [2.05, 4.69) is 12.2 Å². The van der Waals surface area contributed by atoms with Crippen molar-refractivity contribution in [2.24, 2.45) is 0 Å². The number of carboxylic acids is 1. The lowest BCUT2D eigenvalue weighted by Crippen LogP contribution is -2.38. The van der Waals surface area contributed by atoms with Gasteiger partial charge in [-0.15, -0.1) is 0 Å². The first-order valence-corrected chi connectivity index (χ1v) is 6.16. The minimum Gasteiger partial charge on any atom is -0.478 e. The Balaban J connectivity index is 1.99. The van der Waals surface area contributed by atoms with Crippen LogP contribution in [0.4, 0.5) is 0 Å². The average molecular weight is 233 g/mol. The first kappa shape index (κ1) is 12.1. The van der Waals surface area contributed by atoms with E-state index in [1.54, 1.807) is 18.2 Å². The van der Waals surface area contributed by atoms with Crippen LogP contribution in [-0.4, -0.2) is 16.6 Å². The van der Waals surface area contributed by atoms with Crippen molar-refractivity contribution in [3.63, 3.8) is 0 Å². The van der Waals surface area contributed by atoms with E-state index in [1.165, 1.54) is 25.7 Å². The Morgan fingerprint density at radius 1 is 1.41 bits per heavy atom. The zero-order valence-corrected chi connectivity index (χ0v) is 10.2. The first-order valence-electron chi connectivity index (χ1n) is 6.16. The van der Waals surface area contributed by atoms with Crippen LogP contribution in [-0.2, 0) is 6.54 Å². The Kier molecular flexibility index (Phi) is 3.48. The van der Waals surface area contributed by atoms with Crippen molar-refractivity contribution in [3.05, 3.63) is 35.4 Å². The van der Waals surface area contributed by atoms with Gasteiger partial charge in [-0.3, -0.25) is 0 Å². The molecule has 0 radical (unpaired) electrons. The standard InChI is InChI=1S/C14H19NO2/c1-14(7-2-3-8-14)15-10-11-5-4-6-12(9-11)13(16)17/h4-6,9,15H,2-3,7-8,10H2,1H3,(H,16,17). The molecule has 0 spiro atoms. The summed E-state index contributed by atoms with van der Waals surface area (Å²) in [6.45, 7) is 3.00. The van der Waals surface area contributed by atoms with Crippen molar-refractivity contribution in [2.45, 2.75) is 44.7 Å². The van der Waals surface area contributed by atoms with Gasteiger partial charge in [0.25, 0.3) is 0 Å². The van der Waals surface area contributed by atoms with Crippen LogP contribution in [0.5, 0.6) is 0 Å². The predicted octanol–water partition coefficient (Wildman–Crippen LogP) is 2.81. The molecule has 0 amide bonds. The van der Waals surface area contributed by atoms with Gasteiger partial charge in [0.15, 0.2) is 0 Å². The second-order valence-electron chi connectivity index (χ2n) is 5.13. The smallest absolute Gasteiger partial charge is 0.335 e. The lowest BCUT2D eigenvalue weighted by Gasteiger charge is -2.25. The number of carbonyl (C=O) groups is 1. The summed E-state index contributed by atoms with van der Waals surface area (Å²) in [4.78, 5) is 10.9. The Labute approximate surface area is 102 Å². The normalized spacial score (nSPS) is 18.2. The molecule has 3 heteroatoms. The molecule has 1 aliphatic rings. The highest BCUT2D eigenvalue weighted by molar-refractivity contribution is 5.87. The van der Waals surface area contributed by atoms with Crippen LogP contribution in [0.25, 0.3) is 0 Å². The van der Waals surface area contributed by atoms with Crippen LogP contribution in [0, 0.1) is 0 Å². The van der Waals surface area contributed by atoms with Crippen LogP contribution in [0.15, 0.2) is 24.3 Å². The molecular weight excluding hydrogens is 214 g/mol. The molecule has 2 rings (SSSR count). The Hall–Kier alpha value is -1.35. The first-order chi connectivity index (χ1) is 8.09. The fourth-order valence-electron chi connectivity index (χ4n) is 2.46. The molecule has 0 saturated heterocycles. The van der Waals surface area contributed by atoms with Crippen molar-refractivity contribution in [3.8, 4) is 0 Å². The summed E-state index contributed by atoms with van der Waals surface area (Å²) in [5, 5.41) is 12.5. The zero-order valence-electron chi connectivity index (χ0n) is 10.2. The Bertz CT molecular complexity index is 408. The summed E-state index contributed by atoms with van der Waals surface area (Å²) < 4.78 is 0.